The topological polar surface area (TPSA) is 64.1 Å². The highest BCUT2D eigenvalue weighted by molar-refractivity contribution is 14.1. The standard InChI is InChI=1S/C17H14IN3O2S/c18-13-5-2-1-4-12(13)17(22)19-9-10-23-16-8-7-14(20-21-16)15-6-3-11-24-15/h1-8,11H,9-10H2,(H,19,22). The third-order valence-electron chi connectivity index (χ3n) is 3.17. The monoisotopic (exact) mass is 451 g/mol. The van der Waals surface area contributed by atoms with Crippen LogP contribution in [0.2, 0.25) is 0 Å². The van der Waals surface area contributed by atoms with E-state index >= 15 is 0 Å². The minimum absolute atomic E-state index is 0.109. The Labute approximate surface area is 157 Å². The quantitative estimate of drug-likeness (QED) is 0.460. The van der Waals surface area contributed by atoms with Gasteiger partial charge in [-0.25, -0.2) is 0 Å². The largest absolute Gasteiger partial charge is 0.475 e. The number of rotatable bonds is 6. The van der Waals surface area contributed by atoms with E-state index in [0.29, 0.717) is 24.6 Å². The van der Waals surface area contributed by atoms with E-state index in [9.17, 15) is 4.79 Å². The van der Waals surface area contributed by atoms with Crippen LogP contribution in [0.5, 0.6) is 5.88 Å². The SMILES string of the molecule is O=C(NCCOc1ccc(-c2cccs2)nn1)c1ccccc1I. The van der Waals surface area contributed by atoms with E-state index in [1.807, 2.05) is 41.8 Å². The lowest BCUT2D eigenvalue weighted by Crippen LogP contribution is -2.28. The highest BCUT2D eigenvalue weighted by Crippen LogP contribution is 2.22. The van der Waals surface area contributed by atoms with Crippen LogP contribution in [0.1, 0.15) is 10.4 Å². The Hall–Kier alpha value is -2.00. The number of benzene rings is 1. The molecule has 122 valence electrons. The van der Waals surface area contributed by atoms with Gasteiger partial charge >= 0.3 is 0 Å². The number of halogens is 1. The third-order valence-corrected chi connectivity index (χ3v) is 5.00. The number of aromatic nitrogens is 2. The van der Waals surface area contributed by atoms with Gasteiger partial charge in [0.15, 0.2) is 0 Å². The summed E-state index contributed by atoms with van der Waals surface area (Å²) in [6.07, 6.45) is 0. The van der Waals surface area contributed by atoms with Crippen LogP contribution in [-0.4, -0.2) is 29.3 Å². The molecule has 2 aromatic heterocycles. The van der Waals surface area contributed by atoms with Crippen molar-refractivity contribution in [2.24, 2.45) is 0 Å². The van der Waals surface area contributed by atoms with Gasteiger partial charge < -0.3 is 10.1 Å². The van der Waals surface area contributed by atoms with Gasteiger partial charge in [0.25, 0.3) is 5.91 Å². The average Bonchev–Trinajstić information content (AvgIpc) is 3.14. The Kier molecular flexibility index (Phi) is 5.76. The van der Waals surface area contributed by atoms with Gasteiger partial charge in [-0.05, 0) is 52.2 Å². The van der Waals surface area contributed by atoms with E-state index in [1.54, 1.807) is 23.5 Å². The first-order chi connectivity index (χ1) is 11.7. The summed E-state index contributed by atoms with van der Waals surface area (Å²) in [5.74, 6) is 0.335. The number of carbonyl (C=O) groups excluding carboxylic acids is 1. The molecule has 0 radical (unpaired) electrons. The molecule has 0 saturated heterocycles. The molecular formula is C17H14IN3O2S. The number of nitrogens with one attached hydrogen (secondary N) is 1. The fourth-order valence-electron chi connectivity index (χ4n) is 2.01. The van der Waals surface area contributed by atoms with Crippen molar-refractivity contribution in [3.63, 3.8) is 0 Å². The fraction of sp³-hybridized carbons (Fsp3) is 0.118. The Bertz CT molecular complexity index is 807. The molecule has 0 bridgehead atoms. The summed E-state index contributed by atoms with van der Waals surface area (Å²) < 4.78 is 6.43. The van der Waals surface area contributed by atoms with Gasteiger partial charge in [0.2, 0.25) is 5.88 Å². The predicted molar refractivity (Wildman–Crippen MR) is 102 cm³/mol. The summed E-state index contributed by atoms with van der Waals surface area (Å²) in [6.45, 7) is 0.736. The van der Waals surface area contributed by atoms with Gasteiger partial charge in [-0.3, -0.25) is 4.79 Å². The lowest BCUT2D eigenvalue weighted by molar-refractivity contribution is 0.0945. The predicted octanol–water partition coefficient (Wildman–Crippen LogP) is 3.62. The number of thiophene rings is 1. The van der Waals surface area contributed by atoms with E-state index in [0.717, 1.165) is 14.1 Å². The maximum Gasteiger partial charge on any atom is 0.252 e. The molecule has 5 nitrogen and oxygen atoms in total. The summed E-state index contributed by atoms with van der Waals surface area (Å²) in [5, 5.41) is 13.0. The van der Waals surface area contributed by atoms with Gasteiger partial charge in [0, 0.05) is 9.64 Å². The highest BCUT2D eigenvalue weighted by Gasteiger charge is 2.08. The molecule has 0 unspecified atom stereocenters. The second-order valence-corrected chi connectivity index (χ2v) is 6.93. The minimum Gasteiger partial charge on any atom is -0.475 e. The molecule has 24 heavy (non-hydrogen) atoms. The molecule has 0 aliphatic heterocycles. The number of hydrogen-bond acceptors (Lipinski definition) is 5. The Morgan fingerprint density at radius 1 is 1.12 bits per heavy atom. The zero-order valence-electron chi connectivity index (χ0n) is 12.6. The van der Waals surface area contributed by atoms with Crippen molar-refractivity contribution in [1.29, 1.82) is 0 Å². The van der Waals surface area contributed by atoms with E-state index < -0.39 is 0 Å². The van der Waals surface area contributed by atoms with Crippen LogP contribution in [-0.2, 0) is 0 Å². The second kappa shape index (κ2) is 8.20. The van der Waals surface area contributed by atoms with Crippen LogP contribution >= 0.6 is 33.9 Å². The molecule has 7 heteroatoms. The maximum absolute atomic E-state index is 12.1. The van der Waals surface area contributed by atoms with Crippen molar-refractivity contribution in [3.8, 4) is 16.5 Å². The fourth-order valence-corrected chi connectivity index (χ4v) is 3.34. The Morgan fingerprint density at radius 3 is 2.71 bits per heavy atom. The first-order valence-corrected chi connectivity index (χ1v) is 9.23. The molecule has 3 rings (SSSR count). The summed E-state index contributed by atoms with van der Waals surface area (Å²) in [5.41, 5.74) is 1.49. The van der Waals surface area contributed by atoms with Gasteiger partial charge in [-0.2, -0.15) is 0 Å². The van der Waals surface area contributed by atoms with Crippen molar-refractivity contribution < 1.29 is 9.53 Å². The first-order valence-electron chi connectivity index (χ1n) is 7.27. The van der Waals surface area contributed by atoms with E-state index in [-0.39, 0.29) is 5.91 Å². The van der Waals surface area contributed by atoms with Crippen LogP contribution in [0.25, 0.3) is 10.6 Å². The van der Waals surface area contributed by atoms with Gasteiger partial charge in [0.1, 0.15) is 12.3 Å². The molecule has 3 aromatic rings. The second-order valence-electron chi connectivity index (χ2n) is 4.82. The molecule has 0 aliphatic rings. The zero-order valence-corrected chi connectivity index (χ0v) is 15.6. The Balaban J connectivity index is 1.47. The highest BCUT2D eigenvalue weighted by atomic mass is 127. The van der Waals surface area contributed by atoms with E-state index in [2.05, 4.69) is 38.1 Å². The lowest BCUT2D eigenvalue weighted by atomic mass is 10.2. The smallest absolute Gasteiger partial charge is 0.252 e. The number of ether oxygens (including phenoxy) is 1. The molecule has 0 aliphatic carbocycles. The molecular weight excluding hydrogens is 437 g/mol. The lowest BCUT2D eigenvalue weighted by Gasteiger charge is -2.08. The summed E-state index contributed by atoms with van der Waals surface area (Å²) >= 11 is 3.76. The van der Waals surface area contributed by atoms with Crippen LogP contribution < -0.4 is 10.1 Å². The normalized spacial score (nSPS) is 10.4. The first kappa shape index (κ1) is 16.8. The molecule has 1 aromatic carbocycles. The van der Waals surface area contributed by atoms with E-state index in [4.69, 9.17) is 4.74 Å². The van der Waals surface area contributed by atoms with Crippen LogP contribution in [0, 0.1) is 3.57 Å². The molecule has 2 heterocycles. The van der Waals surface area contributed by atoms with Crippen molar-refractivity contribution in [2.45, 2.75) is 0 Å². The van der Waals surface area contributed by atoms with Crippen molar-refractivity contribution in [1.82, 2.24) is 15.5 Å². The minimum atomic E-state index is -0.109. The van der Waals surface area contributed by atoms with Crippen LogP contribution in [0.15, 0.2) is 53.9 Å². The van der Waals surface area contributed by atoms with Gasteiger partial charge in [-0.1, -0.05) is 18.2 Å². The van der Waals surface area contributed by atoms with Crippen molar-refractivity contribution in [3.05, 3.63) is 63.0 Å². The van der Waals surface area contributed by atoms with Crippen molar-refractivity contribution >= 4 is 39.8 Å². The molecule has 0 saturated carbocycles. The number of hydrogen-bond donors (Lipinski definition) is 1. The van der Waals surface area contributed by atoms with Gasteiger partial charge in [-0.15, -0.1) is 21.5 Å². The number of nitrogens with zero attached hydrogens (tertiary/aromatic N) is 2. The van der Waals surface area contributed by atoms with E-state index in [1.165, 1.54) is 0 Å². The zero-order chi connectivity index (χ0) is 16.8. The summed E-state index contributed by atoms with van der Waals surface area (Å²) in [6, 6.07) is 15.1. The molecule has 1 N–H and O–H groups in total. The van der Waals surface area contributed by atoms with Crippen LogP contribution in [0.3, 0.4) is 0 Å². The van der Waals surface area contributed by atoms with Crippen LogP contribution in [0.4, 0.5) is 0 Å². The number of carbonyl (C=O) groups is 1. The summed E-state index contributed by atoms with van der Waals surface area (Å²) in [7, 11) is 0. The molecule has 0 spiro atoms. The molecule has 1 amide bonds. The summed E-state index contributed by atoms with van der Waals surface area (Å²) in [4.78, 5) is 13.1. The molecule has 0 atom stereocenters. The average molecular weight is 451 g/mol. The number of amides is 1. The molecule has 0 fully saturated rings. The third kappa shape index (κ3) is 4.30. The Morgan fingerprint density at radius 2 is 2.00 bits per heavy atom. The maximum atomic E-state index is 12.1. The van der Waals surface area contributed by atoms with Crippen molar-refractivity contribution in [2.75, 3.05) is 13.2 Å². The van der Waals surface area contributed by atoms with Gasteiger partial charge in [0.05, 0.1) is 17.0 Å².